The van der Waals surface area contributed by atoms with Gasteiger partial charge < -0.3 is 9.47 Å². The van der Waals surface area contributed by atoms with Crippen LogP contribution in [0.15, 0.2) is 12.7 Å². The van der Waals surface area contributed by atoms with Gasteiger partial charge in [0.2, 0.25) is 0 Å². The maximum absolute atomic E-state index is 11.3. The maximum Gasteiger partial charge on any atom is 0.320 e. The van der Waals surface area contributed by atoms with E-state index in [1.165, 1.54) is 0 Å². The Labute approximate surface area is 109 Å². The average Bonchev–Trinajstić information content (AvgIpc) is 2.29. The largest absolute Gasteiger partial charge is 0.466 e. The predicted molar refractivity (Wildman–Crippen MR) is 69.1 cm³/mol. The number of ether oxygens (including phenoxy) is 2. The molecule has 0 atom stereocenters. The SMILES string of the molecule is C=CCN(CCCC(=O)OCC)CC(=O)OCC. The molecule has 0 spiro atoms. The van der Waals surface area contributed by atoms with E-state index in [1.807, 2.05) is 4.90 Å². The number of carbonyl (C=O) groups excluding carboxylic acids is 2. The monoisotopic (exact) mass is 257 g/mol. The smallest absolute Gasteiger partial charge is 0.320 e. The van der Waals surface area contributed by atoms with Gasteiger partial charge >= 0.3 is 11.9 Å². The van der Waals surface area contributed by atoms with Crippen molar-refractivity contribution in [2.24, 2.45) is 0 Å². The molecular formula is C13H23NO4. The van der Waals surface area contributed by atoms with Crippen LogP contribution in [0.2, 0.25) is 0 Å². The number of nitrogens with zero attached hydrogens (tertiary/aromatic N) is 1. The third kappa shape index (κ3) is 8.75. The van der Waals surface area contributed by atoms with Crippen molar-refractivity contribution < 1.29 is 19.1 Å². The Morgan fingerprint density at radius 3 is 2.33 bits per heavy atom. The van der Waals surface area contributed by atoms with Gasteiger partial charge in [-0.25, -0.2) is 0 Å². The van der Waals surface area contributed by atoms with E-state index in [2.05, 4.69) is 6.58 Å². The van der Waals surface area contributed by atoms with Crippen molar-refractivity contribution in [2.75, 3.05) is 32.8 Å². The lowest BCUT2D eigenvalue weighted by Gasteiger charge is -2.19. The molecule has 0 aliphatic carbocycles. The van der Waals surface area contributed by atoms with Gasteiger partial charge in [0.05, 0.1) is 19.8 Å². The highest BCUT2D eigenvalue weighted by atomic mass is 16.5. The maximum atomic E-state index is 11.3. The van der Waals surface area contributed by atoms with E-state index in [0.717, 1.165) is 0 Å². The quantitative estimate of drug-likeness (QED) is 0.437. The summed E-state index contributed by atoms with van der Waals surface area (Å²) >= 11 is 0. The highest BCUT2D eigenvalue weighted by Gasteiger charge is 2.11. The van der Waals surface area contributed by atoms with Crippen molar-refractivity contribution >= 4 is 11.9 Å². The van der Waals surface area contributed by atoms with Crippen LogP contribution in [0.25, 0.3) is 0 Å². The zero-order chi connectivity index (χ0) is 13.8. The summed E-state index contributed by atoms with van der Waals surface area (Å²) in [4.78, 5) is 24.4. The standard InChI is InChI=1S/C13H23NO4/c1-4-9-14(11-13(16)18-6-3)10-7-8-12(15)17-5-2/h4H,1,5-11H2,2-3H3. The van der Waals surface area contributed by atoms with E-state index in [-0.39, 0.29) is 18.5 Å². The Hall–Kier alpha value is -1.36. The molecule has 104 valence electrons. The lowest BCUT2D eigenvalue weighted by molar-refractivity contribution is -0.144. The minimum Gasteiger partial charge on any atom is -0.466 e. The Morgan fingerprint density at radius 2 is 1.78 bits per heavy atom. The summed E-state index contributed by atoms with van der Waals surface area (Å²) in [6.07, 6.45) is 2.75. The van der Waals surface area contributed by atoms with Crippen LogP contribution in [0, 0.1) is 0 Å². The van der Waals surface area contributed by atoms with Crippen molar-refractivity contribution in [3.05, 3.63) is 12.7 Å². The van der Waals surface area contributed by atoms with Gasteiger partial charge in [0.25, 0.3) is 0 Å². The molecule has 0 saturated carbocycles. The molecule has 0 radical (unpaired) electrons. The third-order valence-electron chi connectivity index (χ3n) is 2.21. The fraction of sp³-hybridized carbons (Fsp3) is 0.692. The Morgan fingerprint density at radius 1 is 1.17 bits per heavy atom. The van der Waals surface area contributed by atoms with Crippen LogP contribution in [-0.4, -0.2) is 49.7 Å². The molecule has 0 amide bonds. The van der Waals surface area contributed by atoms with E-state index >= 15 is 0 Å². The Bertz CT molecular complexity index is 266. The first-order valence-corrected chi connectivity index (χ1v) is 6.28. The van der Waals surface area contributed by atoms with E-state index < -0.39 is 0 Å². The molecule has 0 rings (SSSR count). The zero-order valence-electron chi connectivity index (χ0n) is 11.3. The predicted octanol–water partition coefficient (Wildman–Crippen LogP) is 1.38. The van der Waals surface area contributed by atoms with Gasteiger partial charge in [0.15, 0.2) is 0 Å². The van der Waals surface area contributed by atoms with Crippen LogP contribution < -0.4 is 0 Å². The molecule has 5 nitrogen and oxygen atoms in total. The second kappa shape index (κ2) is 10.8. The molecule has 18 heavy (non-hydrogen) atoms. The second-order valence-corrected chi connectivity index (χ2v) is 3.74. The summed E-state index contributed by atoms with van der Waals surface area (Å²) < 4.78 is 9.71. The number of rotatable bonds is 10. The van der Waals surface area contributed by atoms with Crippen LogP contribution in [0.4, 0.5) is 0 Å². The van der Waals surface area contributed by atoms with Crippen molar-refractivity contribution in [3.8, 4) is 0 Å². The van der Waals surface area contributed by atoms with Gasteiger partial charge in [-0.3, -0.25) is 14.5 Å². The van der Waals surface area contributed by atoms with E-state index in [0.29, 0.717) is 39.1 Å². The van der Waals surface area contributed by atoms with Gasteiger partial charge in [-0.1, -0.05) is 6.08 Å². The van der Waals surface area contributed by atoms with Crippen molar-refractivity contribution in [1.29, 1.82) is 0 Å². The van der Waals surface area contributed by atoms with E-state index in [9.17, 15) is 9.59 Å². The van der Waals surface area contributed by atoms with Gasteiger partial charge in [-0.2, -0.15) is 0 Å². The van der Waals surface area contributed by atoms with Crippen molar-refractivity contribution in [2.45, 2.75) is 26.7 Å². The topological polar surface area (TPSA) is 55.8 Å². The number of hydrogen-bond acceptors (Lipinski definition) is 5. The molecule has 0 N–H and O–H groups in total. The third-order valence-corrected chi connectivity index (χ3v) is 2.21. The Balaban J connectivity index is 3.92. The molecule has 0 bridgehead atoms. The van der Waals surface area contributed by atoms with Crippen LogP contribution in [0.1, 0.15) is 26.7 Å². The van der Waals surface area contributed by atoms with Gasteiger partial charge in [0.1, 0.15) is 0 Å². The zero-order valence-corrected chi connectivity index (χ0v) is 11.3. The molecule has 0 heterocycles. The van der Waals surface area contributed by atoms with Gasteiger partial charge in [0, 0.05) is 13.0 Å². The lowest BCUT2D eigenvalue weighted by Crippen LogP contribution is -2.32. The second-order valence-electron chi connectivity index (χ2n) is 3.74. The summed E-state index contributed by atoms with van der Waals surface area (Å²) in [5.41, 5.74) is 0. The molecular weight excluding hydrogens is 234 g/mol. The summed E-state index contributed by atoms with van der Waals surface area (Å²) in [5, 5.41) is 0. The molecule has 0 saturated heterocycles. The molecule has 0 aromatic heterocycles. The first-order valence-electron chi connectivity index (χ1n) is 6.28. The highest BCUT2D eigenvalue weighted by Crippen LogP contribution is 1.99. The van der Waals surface area contributed by atoms with E-state index in [4.69, 9.17) is 9.47 Å². The number of hydrogen-bond donors (Lipinski definition) is 0. The lowest BCUT2D eigenvalue weighted by atomic mass is 10.3. The molecule has 0 fully saturated rings. The highest BCUT2D eigenvalue weighted by molar-refractivity contribution is 5.71. The van der Waals surface area contributed by atoms with Crippen LogP contribution >= 0.6 is 0 Å². The molecule has 0 aromatic carbocycles. The van der Waals surface area contributed by atoms with Crippen LogP contribution in [0.5, 0.6) is 0 Å². The van der Waals surface area contributed by atoms with Gasteiger partial charge in [-0.15, -0.1) is 6.58 Å². The number of esters is 2. The van der Waals surface area contributed by atoms with Crippen LogP contribution in [0.3, 0.4) is 0 Å². The molecule has 5 heteroatoms. The first kappa shape index (κ1) is 16.6. The van der Waals surface area contributed by atoms with Crippen molar-refractivity contribution in [3.63, 3.8) is 0 Å². The fourth-order valence-corrected chi connectivity index (χ4v) is 1.49. The summed E-state index contributed by atoms with van der Waals surface area (Å²) in [6.45, 7) is 9.44. The normalized spacial score (nSPS) is 10.2. The Kier molecular flexibility index (Phi) is 9.96. The summed E-state index contributed by atoms with van der Waals surface area (Å²) in [6, 6.07) is 0. The number of carbonyl (C=O) groups is 2. The molecule has 0 aromatic rings. The van der Waals surface area contributed by atoms with Crippen molar-refractivity contribution in [1.82, 2.24) is 4.90 Å². The summed E-state index contributed by atoms with van der Waals surface area (Å²) in [7, 11) is 0. The minimum atomic E-state index is -0.254. The minimum absolute atomic E-state index is 0.202. The summed E-state index contributed by atoms with van der Waals surface area (Å²) in [5.74, 6) is -0.456. The molecule has 0 aliphatic rings. The molecule has 0 aliphatic heterocycles. The van der Waals surface area contributed by atoms with Gasteiger partial charge in [-0.05, 0) is 26.8 Å². The first-order chi connectivity index (χ1) is 8.63. The van der Waals surface area contributed by atoms with E-state index in [1.54, 1.807) is 19.9 Å². The average molecular weight is 257 g/mol. The fourth-order valence-electron chi connectivity index (χ4n) is 1.49. The molecule has 0 unspecified atom stereocenters. The van der Waals surface area contributed by atoms with Crippen LogP contribution in [-0.2, 0) is 19.1 Å².